The molecule has 0 atom stereocenters. The van der Waals surface area contributed by atoms with Gasteiger partial charge in [0.2, 0.25) is 11.8 Å². The van der Waals surface area contributed by atoms with Gasteiger partial charge in [0.15, 0.2) is 13.2 Å². The zero-order valence-corrected chi connectivity index (χ0v) is 17.0. The number of nitrogens with zero attached hydrogens (tertiary/aromatic N) is 2. The van der Waals surface area contributed by atoms with Crippen molar-refractivity contribution in [2.75, 3.05) is 13.2 Å². The molecule has 216 valence electrons. The smallest absolute Gasteiger partial charge is 0.460 e. The third kappa shape index (κ3) is 5.80. The highest BCUT2D eigenvalue weighted by Gasteiger charge is 2.83. The lowest BCUT2D eigenvalue weighted by Crippen LogP contribution is -2.62. The number of aryl methyl sites for hydroxylation is 1. The second-order valence-corrected chi connectivity index (χ2v) is 6.87. The van der Waals surface area contributed by atoms with E-state index in [4.69, 9.17) is 0 Å². The van der Waals surface area contributed by atoms with Crippen molar-refractivity contribution in [3.05, 3.63) is 11.9 Å². The molecule has 0 aliphatic rings. The molecular formula is C15H8F18N2O2. The van der Waals surface area contributed by atoms with E-state index in [1.54, 1.807) is 0 Å². The Morgan fingerprint density at radius 2 is 0.784 bits per heavy atom. The number of hydrogen-bond acceptors (Lipinski definition) is 4. The molecule has 0 saturated heterocycles. The molecule has 1 aromatic rings. The van der Waals surface area contributed by atoms with Gasteiger partial charge in [0.25, 0.3) is 0 Å². The van der Waals surface area contributed by atoms with Crippen LogP contribution in [0.2, 0.25) is 0 Å². The summed E-state index contributed by atoms with van der Waals surface area (Å²) < 4.78 is 238. The van der Waals surface area contributed by atoms with Gasteiger partial charge in [-0.3, -0.25) is 0 Å². The van der Waals surface area contributed by atoms with Crippen molar-refractivity contribution >= 4 is 0 Å². The molecule has 0 fully saturated rings. The summed E-state index contributed by atoms with van der Waals surface area (Å²) in [5, 5.41) is 0. The standard InChI is InChI=1S/C15H8F18N2O2/c1-5-34-6(36-3-8(16,17)10(20,21)12(24,25)14(28,29)30)2-7(35-5)37-4-9(18,19)11(22,23)13(26,27)15(31,32)33/h2H,3-4H2,1H3. The second kappa shape index (κ2) is 9.31. The van der Waals surface area contributed by atoms with Crippen LogP contribution in [-0.2, 0) is 0 Å². The molecule has 0 spiro atoms. The van der Waals surface area contributed by atoms with Crippen LogP contribution in [0.4, 0.5) is 79.0 Å². The number of halogens is 18. The summed E-state index contributed by atoms with van der Waals surface area (Å²) in [5.41, 5.74) is 0. The third-order valence-corrected chi connectivity index (χ3v) is 4.01. The molecule has 1 heterocycles. The van der Waals surface area contributed by atoms with Gasteiger partial charge in [-0.2, -0.15) is 89.0 Å². The van der Waals surface area contributed by atoms with E-state index < -0.39 is 78.7 Å². The number of alkyl halides is 18. The largest absolute Gasteiger partial charge is 0.471 e. The van der Waals surface area contributed by atoms with E-state index in [9.17, 15) is 79.0 Å². The Bertz CT molecular complexity index is 883. The average Bonchev–Trinajstić information content (AvgIpc) is 2.68. The lowest BCUT2D eigenvalue weighted by atomic mass is 10.0. The van der Waals surface area contributed by atoms with Crippen LogP contribution >= 0.6 is 0 Å². The van der Waals surface area contributed by atoms with Gasteiger partial charge in [-0.1, -0.05) is 0 Å². The SMILES string of the molecule is Cc1nc(OCC(F)(F)C(F)(F)C(F)(F)C(F)(F)F)cc(OCC(F)(F)C(F)(F)C(F)(F)C(F)(F)F)n1. The Morgan fingerprint density at radius 3 is 1.03 bits per heavy atom. The van der Waals surface area contributed by atoms with Crippen LogP contribution in [0.25, 0.3) is 0 Å². The van der Waals surface area contributed by atoms with Crippen molar-refractivity contribution in [1.29, 1.82) is 0 Å². The van der Waals surface area contributed by atoms with E-state index in [2.05, 4.69) is 19.4 Å². The maximum atomic E-state index is 13.5. The Labute approximate surface area is 191 Å². The van der Waals surface area contributed by atoms with Crippen LogP contribution in [0.3, 0.4) is 0 Å². The van der Waals surface area contributed by atoms with E-state index in [1.807, 2.05) is 0 Å². The van der Waals surface area contributed by atoms with Gasteiger partial charge >= 0.3 is 47.9 Å². The van der Waals surface area contributed by atoms with Crippen LogP contribution in [0, 0.1) is 6.92 Å². The van der Waals surface area contributed by atoms with E-state index in [1.165, 1.54) is 0 Å². The van der Waals surface area contributed by atoms with Crippen molar-refractivity contribution in [3.8, 4) is 11.8 Å². The molecule has 0 aliphatic heterocycles. The van der Waals surface area contributed by atoms with Crippen LogP contribution in [-0.4, -0.2) is 71.1 Å². The molecule has 1 rings (SSSR count). The quantitative estimate of drug-likeness (QED) is 0.293. The fourth-order valence-corrected chi connectivity index (χ4v) is 1.99. The predicted octanol–water partition coefficient (Wildman–Crippen LogP) is 6.48. The fourth-order valence-electron chi connectivity index (χ4n) is 1.99. The minimum Gasteiger partial charge on any atom is -0.471 e. The van der Waals surface area contributed by atoms with Crippen molar-refractivity contribution in [2.24, 2.45) is 0 Å². The molecule has 0 aromatic carbocycles. The highest BCUT2D eigenvalue weighted by Crippen LogP contribution is 2.54. The Morgan fingerprint density at radius 1 is 0.514 bits per heavy atom. The van der Waals surface area contributed by atoms with Gasteiger partial charge in [0, 0.05) is 0 Å². The Kier molecular flexibility index (Phi) is 8.17. The Hall–Kier alpha value is -2.58. The van der Waals surface area contributed by atoms with E-state index in [0.717, 1.165) is 0 Å². The first-order valence-corrected chi connectivity index (χ1v) is 8.57. The zero-order chi connectivity index (χ0) is 29.7. The van der Waals surface area contributed by atoms with E-state index in [-0.39, 0.29) is 6.07 Å². The second-order valence-electron chi connectivity index (χ2n) is 6.87. The maximum absolute atomic E-state index is 13.5. The zero-order valence-electron chi connectivity index (χ0n) is 17.0. The molecule has 0 N–H and O–H groups in total. The molecule has 0 radical (unpaired) electrons. The molecule has 0 amide bonds. The summed E-state index contributed by atoms with van der Waals surface area (Å²) in [6, 6.07) is -0.126. The van der Waals surface area contributed by atoms with Gasteiger partial charge in [-0.05, 0) is 6.92 Å². The number of aromatic nitrogens is 2. The van der Waals surface area contributed by atoms with Crippen LogP contribution in [0.1, 0.15) is 5.82 Å². The molecule has 37 heavy (non-hydrogen) atoms. The van der Waals surface area contributed by atoms with Gasteiger partial charge in [-0.15, -0.1) is 0 Å². The highest BCUT2D eigenvalue weighted by molar-refractivity contribution is 5.21. The lowest BCUT2D eigenvalue weighted by molar-refractivity contribution is -0.398. The van der Waals surface area contributed by atoms with Crippen molar-refractivity contribution in [3.63, 3.8) is 0 Å². The molecule has 4 nitrogen and oxygen atoms in total. The Balaban J connectivity index is 3.13. The summed E-state index contributed by atoms with van der Waals surface area (Å²) >= 11 is 0. The number of hydrogen-bond donors (Lipinski definition) is 0. The molecule has 1 aromatic heterocycles. The van der Waals surface area contributed by atoms with Gasteiger partial charge < -0.3 is 9.47 Å². The predicted molar refractivity (Wildman–Crippen MR) is 79.6 cm³/mol. The molecule has 22 heteroatoms. The monoisotopic (exact) mass is 590 g/mol. The van der Waals surface area contributed by atoms with Crippen molar-refractivity contribution in [2.45, 2.75) is 54.8 Å². The molecule has 0 bridgehead atoms. The van der Waals surface area contributed by atoms with Crippen LogP contribution in [0.15, 0.2) is 6.07 Å². The average molecular weight is 590 g/mol. The number of ether oxygens (including phenoxy) is 2. The summed E-state index contributed by atoms with van der Waals surface area (Å²) in [6.45, 7) is -5.30. The van der Waals surface area contributed by atoms with Crippen LogP contribution in [0.5, 0.6) is 11.8 Å². The fraction of sp³-hybridized carbons (Fsp3) is 0.733. The lowest BCUT2D eigenvalue weighted by Gasteiger charge is -2.33. The normalized spacial score (nSPS) is 15.1. The first-order valence-electron chi connectivity index (χ1n) is 8.57. The van der Waals surface area contributed by atoms with Crippen molar-refractivity contribution in [1.82, 2.24) is 9.97 Å². The van der Waals surface area contributed by atoms with Gasteiger partial charge in [0.05, 0.1) is 6.07 Å². The first-order chi connectivity index (χ1) is 16.1. The van der Waals surface area contributed by atoms with E-state index in [0.29, 0.717) is 6.92 Å². The van der Waals surface area contributed by atoms with E-state index >= 15 is 0 Å². The first kappa shape index (κ1) is 32.4. The summed E-state index contributed by atoms with van der Waals surface area (Å²) in [5.74, 6) is -45.4. The molecule has 0 unspecified atom stereocenters. The third-order valence-electron chi connectivity index (χ3n) is 4.01. The summed E-state index contributed by atoms with van der Waals surface area (Å²) in [6.07, 6.45) is -14.3. The summed E-state index contributed by atoms with van der Waals surface area (Å²) in [4.78, 5) is 5.98. The molecule has 0 aliphatic carbocycles. The minimum absolute atomic E-state index is 0.126. The molecular weight excluding hydrogens is 582 g/mol. The maximum Gasteiger partial charge on any atom is 0.460 e. The van der Waals surface area contributed by atoms with Crippen LogP contribution < -0.4 is 9.47 Å². The topological polar surface area (TPSA) is 44.2 Å². The minimum atomic E-state index is -7.29. The van der Waals surface area contributed by atoms with Crippen molar-refractivity contribution < 1.29 is 88.5 Å². The molecule has 0 saturated carbocycles. The summed E-state index contributed by atoms with van der Waals surface area (Å²) in [7, 11) is 0. The van der Waals surface area contributed by atoms with Gasteiger partial charge in [-0.25, -0.2) is 0 Å². The number of rotatable bonds is 10. The van der Waals surface area contributed by atoms with Gasteiger partial charge in [0.1, 0.15) is 5.82 Å². The highest BCUT2D eigenvalue weighted by atomic mass is 19.4.